The van der Waals surface area contributed by atoms with Crippen LogP contribution in [0, 0.1) is 0 Å². The zero-order valence-corrected chi connectivity index (χ0v) is 16.2. The molecule has 0 aliphatic heterocycles. The molecule has 0 spiro atoms. The van der Waals surface area contributed by atoms with Gasteiger partial charge in [-0.25, -0.2) is 4.68 Å². The van der Waals surface area contributed by atoms with Gasteiger partial charge in [-0.3, -0.25) is 9.59 Å². The Hall–Kier alpha value is -2.34. The van der Waals surface area contributed by atoms with Gasteiger partial charge in [-0.05, 0) is 38.0 Å². The van der Waals surface area contributed by atoms with Crippen LogP contribution < -0.4 is 5.32 Å². The predicted octanol–water partition coefficient (Wildman–Crippen LogP) is 3.72. The van der Waals surface area contributed by atoms with Crippen LogP contribution in [0.15, 0.2) is 30.5 Å². The standard InChI is InChI=1S/C19H24ClN3O3/c1-12(2)18-16(19(25)21-9-8-17(24)26-13(3)4)11-22-23(18)15-7-5-6-14(20)10-15/h5-7,10-13H,8-9H2,1-4H3,(H,21,25). The van der Waals surface area contributed by atoms with Crippen molar-refractivity contribution in [3.8, 4) is 5.69 Å². The normalized spacial score (nSPS) is 11.0. The van der Waals surface area contributed by atoms with Crippen LogP contribution in [0.4, 0.5) is 0 Å². The van der Waals surface area contributed by atoms with Gasteiger partial charge >= 0.3 is 5.97 Å². The largest absolute Gasteiger partial charge is 0.463 e. The molecule has 140 valence electrons. The summed E-state index contributed by atoms with van der Waals surface area (Å²) in [5, 5.41) is 7.71. The van der Waals surface area contributed by atoms with E-state index in [1.54, 1.807) is 30.7 Å². The molecule has 6 nitrogen and oxygen atoms in total. The molecule has 0 saturated heterocycles. The van der Waals surface area contributed by atoms with E-state index in [2.05, 4.69) is 10.4 Å². The molecule has 0 atom stereocenters. The van der Waals surface area contributed by atoms with Gasteiger partial charge in [-0.1, -0.05) is 31.5 Å². The number of benzene rings is 1. The Morgan fingerprint density at radius 2 is 2.00 bits per heavy atom. The van der Waals surface area contributed by atoms with Crippen LogP contribution in [-0.2, 0) is 9.53 Å². The third-order valence-corrected chi connectivity index (χ3v) is 3.87. The first-order valence-electron chi connectivity index (χ1n) is 8.61. The van der Waals surface area contributed by atoms with Gasteiger partial charge in [0.1, 0.15) is 0 Å². The quantitative estimate of drug-likeness (QED) is 0.746. The van der Waals surface area contributed by atoms with Gasteiger partial charge in [-0.2, -0.15) is 5.10 Å². The van der Waals surface area contributed by atoms with Crippen LogP contribution in [-0.4, -0.2) is 34.3 Å². The Labute approximate surface area is 158 Å². The van der Waals surface area contributed by atoms with E-state index in [9.17, 15) is 9.59 Å². The number of carbonyl (C=O) groups is 2. The van der Waals surface area contributed by atoms with Crippen molar-refractivity contribution in [2.75, 3.05) is 6.54 Å². The third-order valence-electron chi connectivity index (χ3n) is 3.63. The molecule has 1 aromatic carbocycles. The highest BCUT2D eigenvalue weighted by Gasteiger charge is 2.21. The number of halogens is 1. The van der Waals surface area contributed by atoms with Crippen LogP contribution in [0.25, 0.3) is 5.69 Å². The van der Waals surface area contributed by atoms with Crippen molar-refractivity contribution in [2.45, 2.75) is 46.1 Å². The van der Waals surface area contributed by atoms with E-state index in [0.717, 1.165) is 11.4 Å². The number of hydrogen-bond acceptors (Lipinski definition) is 4. The molecular weight excluding hydrogens is 354 g/mol. The van der Waals surface area contributed by atoms with Crippen LogP contribution >= 0.6 is 11.6 Å². The molecule has 2 aromatic rings. The van der Waals surface area contributed by atoms with Gasteiger partial charge < -0.3 is 10.1 Å². The minimum atomic E-state index is -0.334. The monoisotopic (exact) mass is 377 g/mol. The lowest BCUT2D eigenvalue weighted by Crippen LogP contribution is -2.28. The van der Waals surface area contributed by atoms with Crippen molar-refractivity contribution in [1.82, 2.24) is 15.1 Å². The maximum Gasteiger partial charge on any atom is 0.307 e. The fraction of sp³-hybridized carbons (Fsp3) is 0.421. The number of nitrogens with zero attached hydrogens (tertiary/aromatic N) is 2. The van der Waals surface area contributed by atoms with E-state index < -0.39 is 0 Å². The fourth-order valence-electron chi connectivity index (χ4n) is 2.60. The number of amides is 1. The molecule has 0 fully saturated rings. The molecule has 0 radical (unpaired) electrons. The zero-order valence-electron chi connectivity index (χ0n) is 15.5. The van der Waals surface area contributed by atoms with Crippen molar-refractivity contribution in [3.05, 3.63) is 46.7 Å². The van der Waals surface area contributed by atoms with Crippen molar-refractivity contribution < 1.29 is 14.3 Å². The number of nitrogens with one attached hydrogen (secondary N) is 1. The summed E-state index contributed by atoms with van der Waals surface area (Å²) in [6.45, 7) is 7.78. The van der Waals surface area contributed by atoms with Crippen LogP contribution in [0.2, 0.25) is 5.02 Å². The molecular formula is C19H24ClN3O3. The van der Waals surface area contributed by atoms with E-state index >= 15 is 0 Å². The maximum absolute atomic E-state index is 12.5. The topological polar surface area (TPSA) is 73.2 Å². The Kier molecular flexibility index (Phi) is 6.80. The summed E-state index contributed by atoms with van der Waals surface area (Å²) in [4.78, 5) is 24.1. The minimum absolute atomic E-state index is 0.0723. The average molecular weight is 378 g/mol. The Morgan fingerprint density at radius 1 is 1.27 bits per heavy atom. The highest BCUT2D eigenvalue weighted by atomic mass is 35.5. The molecule has 1 aromatic heterocycles. The second-order valence-corrected chi connectivity index (χ2v) is 6.97. The summed E-state index contributed by atoms with van der Waals surface area (Å²) in [6, 6.07) is 7.30. The second-order valence-electron chi connectivity index (χ2n) is 6.53. The number of rotatable bonds is 7. The molecule has 0 bridgehead atoms. The van der Waals surface area contributed by atoms with Crippen molar-refractivity contribution >= 4 is 23.5 Å². The first-order chi connectivity index (χ1) is 12.3. The molecule has 0 aliphatic rings. The summed E-state index contributed by atoms with van der Waals surface area (Å²) in [7, 11) is 0. The minimum Gasteiger partial charge on any atom is -0.463 e. The van der Waals surface area contributed by atoms with E-state index in [1.807, 2.05) is 26.0 Å². The van der Waals surface area contributed by atoms with Crippen molar-refractivity contribution in [1.29, 1.82) is 0 Å². The molecule has 1 heterocycles. The lowest BCUT2D eigenvalue weighted by atomic mass is 10.0. The van der Waals surface area contributed by atoms with E-state index in [4.69, 9.17) is 16.3 Å². The van der Waals surface area contributed by atoms with Gasteiger partial charge in [-0.15, -0.1) is 0 Å². The first-order valence-corrected chi connectivity index (χ1v) is 8.99. The molecule has 1 N–H and O–H groups in total. The SMILES string of the molecule is CC(C)OC(=O)CCNC(=O)c1cnn(-c2cccc(Cl)c2)c1C(C)C. The molecule has 1 amide bonds. The number of ether oxygens (including phenoxy) is 1. The fourth-order valence-corrected chi connectivity index (χ4v) is 2.78. The number of carbonyl (C=O) groups excluding carboxylic acids is 2. The highest BCUT2D eigenvalue weighted by Crippen LogP contribution is 2.24. The predicted molar refractivity (Wildman–Crippen MR) is 101 cm³/mol. The zero-order chi connectivity index (χ0) is 19.3. The summed E-state index contributed by atoms with van der Waals surface area (Å²) >= 11 is 6.07. The number of aromatic nitrogens is 2. The first kappa shape index (κ1) is 20.0. The van der Waals surface area contributed by atoms with Gasteiger partial charge in [0.2, 0.25) is 0 Å². The Balaban J connectivity index is 2.14. The Bertz CT molecular complexity index is 784. The molecule has 0 saturated carbocycles. The van der Waals surface area contributed by atoms with Gasteiger partial charge in [0.05, 0.1) is 35.7 Å². The summed E-state index contributed by atoms with van der Waals surface area (Å²) in [5.41, 5.74) is 2.06. The molecule has 0 aliphatic carbocycles. The van der Waals surface area contributed by atoms with Crippen LogP contribution in [0.3, 0.4) is 0 Å². The van der Waals surface area contributed by atoms with E-state index in [1.165, 1.54) is 6.20 Å². The highest BCUT2D eigenvalue weighted by molar-refractivity contribution is 6.30. The van der Waals surface area contributed by atoms with Crippen molar-refractivity contribution in [2.24, 2.45) is 0 Å². The smallest absolute Gasteiger partial charge is 0.307 e. The third kappa shape index (κ3) is 5.08. The summed E-state index contributed by atoms with van der Waals surface area (Å²) in [5.74, 6) is -0.526. The van der Waals surface area contributed by atoms with Gasteiger partial charge in [0, 0.05) is 11.6 Å². The molecule has 26 heavy (non-hydrogen) atoms. The second kappa shape index (κ2) is 8.85. The number of hydrogen-bond donors (Lipinski definition) is 1. The summed E-state index contributed by atoms with van der Waals surface area (Å²) in [6.07, 6.45) is 1.50. The van der Waals surface area contributed by atoms with Crippen LogP contribution in [0.1, 0.15) is 56.1 Å². The lowest BCUT2D eigenvalue weighted by molar-refractivity contribution is -0.147. The lowest BCUT2D eigenvalue weighted by Gasteiger charge is -2.13. The molecule has 0 unspecified atom stereocenters. The molecule has 7 heteroatoms. The maximum atomic E-state index is 12.5. The van der Waals surface area contributed by atoms with Gasteiger partial charge in [0.15, 0.2) is 0 Å². The molecule has 2 rings (SSSR count). The van der Waals surface area contributed by atoms with Gasteiger partial charge in [0.25, 0.3) is 5.91 Å². The summed E-state index contributed by atoms with van der Waals surface area (Å²) < 4.78 is 6.77. The van der Waals surface area contributed by atoms with E-state index in [0.29, 0.717) is 10.6 Å². The van der Waals surface area contributed by atoms with Crippen LogP contribution in [0.5, 0.6) is 0 Å². The van der Waals surface area contributed by atoms with E-state index in [-0.39, 0.29) is 36.9 Å². The average Bonchev–Trinajstić information content (AvgIpc) is 2.99. The Morgan fingerprint density at radius 3 is 2.62 bits per heavy atom. The van der Waals surface area contributed by atoms with Crippen molar-refractivity contribution in [3.63, 3.8) is 0 Å². The number of esters is 1.